The monoisotopic (exact) mass is 594 g/mol. The van der Waals surface area contributed by atoms with Crippen LogP contribution in [0.2, 0.25) is 0 Å². The normalized spacial score (nSPS) is 23.4. The largest absolute Gasteiger partial charge is 0.310 e. The highest BCUT2D eigenvalue weighted by molar-refractivity contribution is 6.19. The second-order valence-corrected chi connectivity index (χ2v) is 14.5. The molecule has 11 rings (SSSR count). The second-order valence-electron chi connectivity index (χ2n) is 14.5. The Hall–Kier alpha value is -4.82. The van der Waals surface area contributed by atoms with E-state index in [4.69, 9.17) is 0 Å². The summed E-state index contributed by atoms with van der Waals surface area (Å²) < 4.78 is 2.45. The Balaban J connectivity index is 1.15. The molecule has 46 heavy (non-hydrogen) atoms. The molecule has 0 amide bonds. The molecule has 0 atom stereocenters. The molecular weight excluding hydrogens is 556 g/mol. The van der Waals surface area contributed by atoms with E-state index < -0.39 is 0 Å². The van der Waals surface area contributed by atoms with Gasteiger partial charge in [0.15, 0.2) is 0 Å². The van der Waals surface area contributed by atoms with Gasteiger partial charge in [0.2, 0.25) is 0 Å². The number of para-hydroxylation sites is 3. The van der Waals surface area contributed by atoms with Crippen LogP contribution in [-0.4, -0.2) is 4.57 Å². The number of rotatable bonds is 5. The highest BCUT2D eigenvalue weighted by atomic mass is 15.1. The smallest absolute Gasteiger partial charge is 0.0620 e. The van der Waals surface area contributed by atoms with E-state index in [0.29, 0.717) is 5.41 Å². The maximum Gasteiger partial charge on any atom is 0.0620 e. The fourth-order valence-electron chi connectivity index (χ4n) is 10.2. The standard InChI is InChI=1S/C44H38N2/c1-3-9-35(10-4-1)45(37-20-17-34(18-21-37)44-27-30-23-31(28-44)25-32(24-30)29-44)38-19-15-33-16-22-40-39-13-7-8-14-42(39)46(43(40)41(33)26-38)36-11-5-2-6-12-36/h1-22,26,30-32H,23-25,27-29H2. The lowest BCUT2D eigenvalue weighted by atomic mass is 9.48. The van der Waals surface area contributed by atoms with Gasteiger partial charge in [0.1, 0.15) is 0 Å². The van der Waals surface area contributed by atoms with Crippen molar-refractivity contribution in [1.29, 1.82) is 0 Å². The van der Waals surface area contributed by atoms with E-state index in [1.165, 1.54) is 93.9 Å². The number of fused-ring (bicyclic) bond motifs is 5. The van der Waals surface area contributed by atoms with E-state index in [9.17, 15) is 0 Å². The van der Waals surface area contributed by atoms with Gasteiger partial charge in [-0.3, -0.25) is 0 Å². The molecule has 1 aromatic heterocycles. The van der Waals surface area contributed by atoms with Crippen molar-refractivity contribution < 1.29 is 0 Å². The van der Waals surface area contributed by atoms with Gasteiger partial charge in [0.05, 0.1) is 11.0 Å². The van der Waals surface area contributed by atoms with Crippen molar-refractivity contribution >= 4 is 49.6 Å². The molecular formula is C44H38N2. The predicted octanol–water partition coefficient (Wildman–Crippen LogP) is 11.9. The zero-order chi connectivity index (χ0) is 30.2. The van der Waals surface area contributed by atoms with E-state index in [0.717, 1.165) is 17.8 Å². The van der Waals surface area contributed by atoms with Crippen molar-refractivity contribution in [2.45, 2.75) is 43.9 Å². The summed E-state index contributed by atoms with van der Waals surface area (Å²) in [6.45, 7) is 0. The molecule has 0 saturated heterocycles. The van der Waals surface area contributed by atoms with Crippen LogP contribution in [-0.2, 0) is 5.41 Å². The lowest BCUT2D eigenvalue weighted by molar-refractivity contribution is -0.00518. The van der Waals surface area contributed by atoms with Gasteiger partial charge >= 0.3 is 0 Å². The zero-order valence-corrected chi connectivity index (χ0v) is 26.1. The molecule has 2 heteroatoms. The SMILES string of the molecule is c1ccc(N(c2ccc(C34CC5CC(CC(C5)C3)C4)cc2)c2ccc3ccc4c5ccccc5n(-c5ccccc5)c4c3c2)cc1. The Kier molecular flexibility index (Phi) is 5.79. The van der Waals surface area contributed by atoms with Gasteiger partial charge in [-0.15, -0.1) is 0 Å². The molecule has 4 aliphatic carbocycles. The average Bonchev–Trinajstić information content (AvgIpc) is 3.44. The van der Waals surface area contributed by atoms with Crippen molar-refractivity contribution in [2.75, 3.05) is 4.90 Å². The lowest BCUT2D eigenvalue weighted by Gasteiger charge is -2.57. The number of hydrogen-bond donors (Lipinski definition) is 0. The van der Waals surface area contributed by atoms with Gasteiger partial charge in [0, 0.05) is 38.9 Å². The number of anilines is 3. The van der Waals surface area contributed by atoms with Gasteiger partial charge in [-0.05, 0) is 127 Å². The molecule has 0 radical (unpaired) electrons. The molecule has 0 unspecified atom stereocenters. The second kappa shape index (κ2) is 10.1. The van der Waals surface area contributed by atoms with Crippen LogP contribution in [0.5, 0.6) is 0 Å². The summed E-state index contributed by atoms with van der Waals surface area (Å²) in [6, 6.07) is 51.8. The maximum atomic E-state index is 2.48. The average molecular weight is 595 g/mol. The first kappa shape index (κ1) is 26.4. The van der Waals surface area contributed by atoms with Crippen molar-refractivity contribution in [1.82, 2.24) is 4.57 Å². The van der Waals surface area contributed by atoms with Crippen LogP contribution in [0.1, 0.15) is 44.1 Å². The summed E-state index contributed by atoms with van der Waals surface area (Å²) in [4.78, 5) is 2.44. The van der Waals surface area contributed by atoms with Crippen molar-refractivity contribution in [2.24, 2.45) is 17.8 Å². The summed E-state index contributed by atoms with van der Waals surface area (Å²) >= 11 is 0. The van der Waals surface area contributed by atoms with E-state index in [-0.39, 0.29) is 0 Å². The summed E-state index contributed by atoms with van der Waals surface area (Å²) in [5.41, 5.74) is 9.25. The molecule has 2 nitrogen and oxygen atoms in total. The van der Waals surface area contributed by atoms with Gasteiger partial charge in [-0.2, -0.15) is 0 Å². The van der Waals surface area contributed by atoms with E-state index in [2.05, 4.69) is 149 Å². The van der Waals surface area contributed by atoms with Crippen LogP contribution in [0.15, 0.2) is 140 Å². The Morgan fingerprint density at radius 2 is 1.09 bits per heavy atom. The first-order valence-electron chi connectivity index (χ1n) is 17.2. The Morgan fingerprint density at radius 1 is 0.500 bits per heavy atom. The third-order valence-electron chi connectivity index (χ3n) is 11.7. The molecule has 0 spiro atoms. The van der Waals surface area contributed by atoms with Gasteiger partial charge in [-0.25, -0.2) is 0 Å². The van der Waals surface area contributed by atoms with Crippen molar-refractivity contribution in [3.63, 3.8) is 0 Å². The molecule has 0 N–H and O–H groups in total. The van der Waals surface area contributed by atoms with Crippen molar-refractivity contribution in [3.8, 4) is 5.69 Å². The third kappa shape index (κ3) is 4.02. The molecule has 4 fully saturated rings. The number of nitrogens with zero attached hydrogens (tertiary/aromatic N) is 2. The minimum absolute atomic E-state index is 0.407. The van der Waals surface area contributed by atoms with E-state index in [1.807, 2.05) is 0 Å². The summed E-state index contributed by atoms with van der Waals surface area (Å²) in [6.07, 6.45) is 8.65. The summed E-state index contributed by atoms with van der Waals surface area (Å²) in [7, 11) is 0. The zero-order valence-electron chi connectivity index (χ0n) is 26.1. The minimum Gasteiger partial charge on any atom is -0.310 e. The van der Waals surface area contributed by atoms with Gasteiger partial charge in [-0.1, -0.05) is 84.9 Å². The van der Waals surface area contributed by atoms with E-state index >= 15 is 0 Å². The molecule has 4 aliphatic rings. The highest BCUT2D eigenvalue weighted by Crippen LogP contribution is 2.61. The first-order valence-corrected chi connectivity index (χ1v) is 17.2. The number of benzene rings is 6. The molecule has 1 heterocycles. The first-order chi connectivity index (χ1) is 22.7. The van der Waals surface area contributed by atoms with Crippen LogP contribution < -0.4 is 4.90 Å². The molecule has 0 aliphatic heterocycles. The summed E-state index contributed by atoms with van der Waals surface area (Å²) in [5, 5.41) is 5.09. The number of hydrogen-bond acceptors (Lipinski definition) is 1. The van der Waals surface area contributed by atoms with Gasteiger partial charge < -0.3 is 9.47 Å². The quantitative estimate of drug-likeness (QED) is 0.192. The Bertz CT molecular complexity index is 2190. The third-order valence-corrected chi connectivity index (χ3v) is 11.7. The van der Waals surface area contributed by atoms with E-state index in [1.54, 1.807) is 5.56 Å². The fourth-order valence-corrected chi connectivity index (χ4v) is 10.2. The molecule has 224 valence electrons. The Labute approximate surface area is 270 Å². The molecule has 6 aromatic carbocycles. The van der Waals surface area contributed by atoms with Crippen molar-refractivity contribution in [3.05, 3.63) is 145 Å². The van der Waals surface area contributed by atoms with Crippen LogP contribution in [0.4, 0.5) is 17.1 Å². The van der Waals surface area contributed by atoms with Crippen LogP contribution >= 0.6 is 0 Å². The number of aromatic nitrogens is 1. The highest BCUT2D eigenvalue weighted by Gasteiger charge is 2.51. The molecule has 4 saturated carbocycles. The van der Waals surface area contributed by atoms with Crippen LogP contribution in [0.25, 0.3) is 38.3 Å². The predicted molar refractivity (Wildman–Crippen MR) is 193 cm³/mol. The molecule has 7 aromatic rings. The van der Waals surface area contributed by atoms with Crippen LogP contribution in [0.3, 0.4) is 0 Å². The topological polar surface area (TPSA) is 8.17 Å². The maximum absolute atomic E-state index is 2.48. The minimum atomic E-state index is 0.407. The lowest BCUT2D eigenvalue weighted by Crippen LogP contribution is -2.48. The van der Waals surface area contributed by atoms with Gasteiger partial charge in [0.25, 0.3) is 0 Å². The molecule has 4 bridgehead atoms. The fraction of sp³-hybridized carbons (Fsp3) is 0.227. The Morgan fingerprint density at radius 3 is 1.80 bits per heavy atom. The summed E-state index contributed by atoms with van der Waals surface area (Å²) in [5.74, 6) is 2.85. The van der Waals surface area contributed by atoms with Crippen LogP contribution in [0, 0.1) is 17.8 Å².